The third-order valence-electron chi connectivity index (χ3n) is 13.3. The fourth-order valence-electron chi connectivity index (χ4n) is 8.88. The van der Waals surface area contributed by atoms with Crippen molar-refractivity contribution in [3.63, 3.8) is 0 Å². The molecule has 2 fully saturated rings. The lowest BCUT2D eigenvalue weighted by Gasteiger charge is -2.47. The molecule has 1 saturated carbocycles. The highest BCUT2D eigenvalue weighted by Crippen LogP contribution is 2.48. The van der Waals surface area contributed by atoms with E-state index in [1.54, 1.807) is 0 Å². The van der Waals surface area contributed by atoms with Crippen LogP contribution < -0.4 is 0 Å². The van der Waals surface area contributed by atoms with E-state index in [0.717, 1.165) is 51.4 Å². The Hall–Kier alpha value is -1.35. The first-order valence-corrected chi connectivity index (χ1v) is 28.4. The van der Waals surface area contributed by atoms with Crippen LogP contribution in [0.4, 0.5) is 0 Å². The SMILES string of the molecule is CCCCCCCCCCCCCCCCCCCC(=O)OCC(COP(=O)(O)OC1C(O)C(O)C(O)C(O)C1OC1OC(CO)C(O)C(O)C1O)OC(=O)CCCCCCCCCCCCCC. The average molecular weight is 1020 g/mol. The highest BCUT2D eigenvalue weighted by Gasteiger charge is 2.55. The number of rotatable bonds is 42. The van der Waals surface area contributed by atoms with Crippen LogP contribution in [0.1, 0.15) is 213 Å². The molecule has 2 aliphatic rings. The quantitative estimate of drug-likeness (QED) is 0.0174. The van der Waals surface area contributed by atoms with Crippen molar-refractivity contribution >= 4 is 19.8 Å². The number of carbonyl (C=O) groups is 2. The van der Waals surface area contributed by atoms with Gasteiger partial charge in [0, 0.05) is 12.8 Å². The van der Waals surface area contributed by atoms with Gasteiger partial charge in [-0.25, -0.2) is 4.57 Å². The molecule has 1 saturated heterocycles. The van der Waals surface area contributed by atoms with Crippen LogP contribution in [0.25, 0.3) is 0 Å². The number of hydrogen-bond donors (Lipinski definition) is 9. The smallest absolute Gasteiger partial charge is 0.462 e. The summed E-state index contributed by atoms with van der Waals surface area (Å²) in [7, 11) is -5.37. The van der Waals surface area contributed by atoms with Gasteiger partial charge in [0.2, 0.25) is 0 Å². The lowest BCUT2D eigenvalue weighted by molar-refractivity contribution is -0.338. The summed E-state index contributed by atoms with van der Waals surface area (Å²) in [4.78, 5) is 36.6. The van der Waals surface area contributed by atoms with Gasteiger partial charge in [0.1, 0.15) is 67.6 Å². The number of carbonyl (C=O) groups excluding carboxylic acids is 2. The molecule has 0 aromatic rings. The third-order valence-corrected chi connectivity index (χ3v) is 14.3. The molecule has 9 N–H and O–H groups in total. The Bertz CT molecular complexity index is 1340. The predicted octanol–water partition coefficient (Wildman–Crippen LogP) is 6.72. The van der Waals surface area contributed by atoms with E-state index >= 15 is 0 Å². The topological polar surface area (TPSA) is 289 Å². The molecule has 0 amide bonds. The molecular formula is C50H95O18P. The van der Waals surface area contributed by atoms with Gasteiger partial charge in [-0.2, -0.15) is 0 Å². The lowest BCUT2D eigenvalue weighted by atomic mass is 9.84. The minimum atomic E-state index is -5.37. The van der Waals surface area contributed by atoms with E-state index < -0.39 is 113 Å². The first-order chi connectivity index (χ1) is 33.2. The molecule has 0 aromatic carbocycles. The molecular weight excluding hydrogens is 920 g/mol. The molecule has 1 aliphatic carbocycles. The fourth-order valence-corrected chi connectivity index (χ4v) is 9.85. The van der Waals surface area contributed by atoms with Crippen LogP contribution in [-0.2, 0) is 42.1 Å². The molecule has 13 atom stereocenters. The molecule has 1 heterocycles. The van der Waals surface area contributed by atoms with Crippen molar-refractivity contribution in [2.24, 2.45) is 0 Å². The van der Waals surface area contributed by atoms with Gasteiger partial charge >= 0.3 is 19.8 Å². The monoisotopic (exact) mass is 1010 g/mol. The van der Waals surface area contributed by atoms with E-state index in [2.05, 4.69) is 13.8 Å². The van der Waals surface area contributed by atoms with Gasteiger partial charge < -0.3 is 64.7 Å². The molecule has 69 heavy (non-hydrogen) atoms. The molecule has 18 nitrogen and oxygen atoms in total. The van der Waals surface area contributed by atoms with Crippen molar-refractivity contribution in [3.05, 3.63) is 0 Å². The van der Waals surface area contributed by atoms with Crippen molar-refractivity contribution in [3.8, 4) is 0 Å². The van der Waals surface area contributed by atoms with Crippen LogP contribution in [0.3, 0.4) is 0 Å². The van der Waals surface area contributed by atoms with E-state index in [1.807, 2.05) is 0 Å². The highest BCUT2D eigenvalue weighted by molar-refractivity contribution is 7.47. The molecule has 1 aliphatic heterocycles. The van der Waals surface area contributed by atoms with Crippen molar-refractivity contribution in [2.45, 2.75) is 286 Å². The minimum Gasteiger partial charge on any atom is -0.462 e. The van der Waals surface area contributed by atoms with E-state index in [4.69, 9.17) is 28.0 Å². The Balaban J connectivity index is 1.90. The van der Waals surface area contributed by atoms with Crippen LogP contribution >= 0.6 is 7.82 Å². The van der Waals surface area contributed by atoms with Crippen LogP contribution in [0, 0.1) is 0 Å². The summed E-state index contributed by atoms with van der Waals surface area (Å²) in [6, 6.07) is 0. The Kier molecular flexibility index (Phi) is 35.4. The van der Waals surface area contributed by atoms with E-state index in [-0.39, 0.29) is 12.8 Å². The fraction of sp³-hybridized carbons (Fsp3) is 0.960. The van der Waals surface area contributed by atoms with Gasteiger partial charge in [0.05, 0.1) is 13.2 Å². The second-order valence-corrected chi connectivity index (χ2v) is 20.8. The Morgan fingerprint density at radius 1 is 0.493 bits per heavy atom. The van der Waals surface area contributed by atoms with Crippen LogP contribution in [0.2, 0.25) is 0 Å². The first kappa shape index (κ1) is 63.8. The number of hydrogen-bond acceptors (Lipinski definition) is 17. The predicted molar refractivity (Wildman–Crippen MR) is 259 cm³/mol. The molecule has 0 aromatic heterocycles. The first-order valence-electron chi connectivity index (χ1n) is 26.9. The molecule has 19 heteroatoms. The Labute approximate surface area is 412 Å². The second-order valence-electron chi connectivity index (χ2n) is 19.4. The second kappa shape index (κ2) is 38.3. The third kappa shape index (κ3) is 27.0. The number of phosphoric ester groups is 1. The van der Waals surface area contributed by atoms with Gasteiger partial charge in [-0.1, -0.05) is 187 Å². The molecule has 408 valence electrons. The highest BCUT2D eigenvalue weighted by atomic mass is 31.2. The molecule has 2 rings (SSSR count). The van der Waals surface area contributed by atoms with E-state index in [0.29, 0.717) is 12.8 Å². The zero-order chi connectivity index (χ0) is 50.9. The van der Waals surface area contributed by atoms with E-state index in [1.165, 1.54) is 122 Å². The van der Waals surface area contributed by atoms with Crippen molar-refractivity contribution in [1.29, 1.82) is 0 Å². The maximum absolute atomic E-state index is 13.4. The standard InChI is InChI=1S/C50H95O18P/c1-3-5-7-9-11-13-15-17-18-19-20-21-23-24-26-28-30-32-39(52)63-35-37(65-40(53)33-31-29-27-25-22-16-14-12-10-8-6-4-2)36-64-69(61,62)68-49-46(59)44(57)43(56)45(58)48(49)67-50-47(60)42(55)41(54)38(34-51)66-50/h37-38,41-51,54-60H,3-36H2,1-2H3,(H,61,62). The zero-order valence-electron chi connectivity index (χ0n) is 42.1. The number of aliphatic hydroxyl groups is 8. The number of unbranched alkanes of at least 4 members (excludes halogenated alkanes) is 27. The summed E-state index contributed by atoms with van der Waals surface area (Å²) in [6.07, 6.45) is 10.4. The number of phosphoric acid groups is 1. The zero-order valence-corrected chi connectivity index (χ0v) is 43.0. The summed E-state index contributed by atoms with van der Waals surface area (Å²) in [6.45, 7) is 2.25. The normalized spacial score (nSPS) is 27.5. The molecule has 0 bridgehead atoms. The largest absolute Gasteiger partial charge is 0.472 e. The number of ether oxygens (including phenoxy) is 4. The minimum absolute atomic E-state index is 0.0394. The van der Waals surface area contributed by atoms with E-state index in [9.17, 15) is 59.9 Å². The van der Waals surface area contributed by atoms with Crippen molar-refractivity contribution < 1.29 is 87.9 Å². The Morgan fingerprint density at radius 3 is 1.29 bits per heavy atom. The maximum atomic E-state index is 13.4. The van der Waals surface area contributed by atoms with Crippen LogP contribution in [0.15, 0.2) is 0 Å². The summed E-state index contributed by atoms with van der Waals surface area (Å²) >= 11 is 0. The summed E-state index contributed by atoms with van der Waals surface area (Å²) in [5.41, 5.74) is 0. The average Bonchev–Trinajstić information content (AvgIpc) is 3.33. The lowest BCUT2D eigenvalue weighted by Crippen LogP contribution is -2.67. The summed E-state index contributed by atoms with van der Waals surface area (Å²) in [5, 5.41) is 83.0. The Morgan fingerprint density at radius 2 is 0.870 bits per heavy atom. The summed E-state index contributed by atoms with van der Waals surface area (Å²) in [5.74, 6) is -1.20. The van der Waals surface area contributed by atoms with Crippen molar-refractivity contribution in [2.75, 3.05) is 19.8 Å². The van der Waals surface area contributed by atoms with Crippen molar-refractivity contribution in [1.82, 2.24) is 0 Å². The molecule has 13 unspecified atom stereocenters. The van der Waals surface area contributed by atoms with Gasteiger partial charge in [-0.15, -0.1) is 0 Å². The number of aliphatic hydroxyl groups excluding tert-OH is 8. The van der Waals surface area contributed by atoms with Crippen LogP contribution in [0.5, 0.6) is 0 Å². The molecule has 0 radical (unpaired) electrons. The molecule has 0 spiro atoms. The van der Waals surface area contributed by atoms with Gasteiger partial charge in [0.15, 0.2) is 12.4 Å². The van der Waals surface area contributed by atoms with Gasteiger partial charge in [-0.05, 0) is 12.8 Å². The maximum Gasteiger partial charge on any atom is 0.472 e. The van der Waals surface area contributed by atoms with Gasteiger partial charge in [-0.3, -0.25) is 18.6 Å². The van der Waals surface area contributed by atoms with Crippen LogP contribution in [-0.4, -0.2) is 151 Å². The summed E-state index contributed by atoms with van der Waals surface area (Å²) < 4.78 is 45.5. The number of esters is 2. The van der Waals surface area contributed by atoms with Gasteiger partial charge in [0.25, 0.3) is 0 Å².